The summed E-state index contributed by atoms with van der Waals surface area (Å²) in [5.41, 5.74) is 0. The SMILES string of the molecule is CCC1CCC(NC)C(Cc2nnn(C)n2)C1. The predicted molar refractivity (Wildman–Crippen MR) is 66.5 cm³/mol. The molecular formula is C12H23N5. The molecule has 1 N–H and O–H groups in total. The smallest absolute Gasteiger partial charge is 0.175 e. The minimum Gasteiger partial charge on any atom is -0.317 e. The Morgan fingerprint density at radius 3 is 2.82 bits per heavy atom. The van der Waals surface area contributed by atoms with Crippen molar-refractivity contribution in [1.82, 2.24) is 25.5 Å². The van der Waals surface area contributed by atoms with Crippen molar-refractivity contribution in [1.29, 1.82) is 0 Å². The van der Waals surface area contributed by atoms with Gasteiger partial charge in [0.05, 0.1) is 7.05 Å². The van der Waals surface area contributed by atoms with E-state index in [1.54, 1.807) is 4.80 Å². The molecule has 0 aliphatic heterocycles. The summed E-state index contributed by atoms with van der Waals surface area (Å²) in [4.78, 5) is 1.55. The highest BCUT2D eigenvalue weighted by Gasteiger charge is 2.29. The highest BCUT2D eigenvalue weighted by Crippen LogP contribution is 2.32. The van der Waals surface area contributed by atoms with Crippen LogP contribution in [0.5, 0.6) is 0 Å². The third-order valence-electron chi connectivity index (χ3n) is 4.03. The van der Waals surface area contributed by atoms with Gasteiger partial charge in [-0.15, -0.1) is 10.2 Å². The predicted octanol–water partition coefficient (Wildman–Crippen LogP) is 1.17. The first-order valence-corrected chi connectivity index (χ1v) is 6.63. The van der Waals surface area contributed by atoms with Gasteiger partial charge in [-0.2, -0.15) is 4.80 Å². The van der Waals surface area contributed by atoms with Crippen molar-refractivity contribution in [3.63, 3.8) is 0 Å². The van der Waals surface area contributed by atoms with E-state index in [9.17, 15) is 0 Å². The van der Waals surface area contributed by atoms with Crippen molar-refractivity contribution in [2.24, 2.45) is 18.9 Å². The maximum atomic E-state index is 4.29. The fourth-order valence-electron chi connectivity index (χ4n) is 2.98. The largest absolute Gasteiger partial charge is 0.317 e. The molecule has 1 aromatic rings. The lowest BCUT2D eigenvalue weighted by Gasteiger charge is -2.35. The summed E-state index contributed by atoms with van der Waals surface area (Å²) in [6.07, 6.45) is 6.17. The van der Waals surface area contributed by atoms with Gasteiger partial charge in [0.25, 0.3) is 0 Å². The van der Waals surface area contributed by atoms with E-state index in [0.717, 1.165) is 18.2 Å². The summed E-state index contributed by atoms with van der Waals surface area (Å²) in [5, 5.41) is 15.7. The number of nitrogens with one attached hydrogen (secondary N) is 1. The van der Waals surface area contributed by atoms with Crippen LogP contribution in [0.25, 0.3) is 0 Å². The molecule has 5 heteroatoms. The molecule has 1 aliphatic rings. The minimum atomic E-state index is 0.613. The Morgan fingerprint density at radius 2 is 2.24 bits per heavy atom. The van der Waals surface area contributed by atoms with E-state index in [-0.39, 0.29) is 0 Å². The zero-order chi connectivity index (χ0) is 12.3. The summed E-state index contributed by atoms with van der Waals surface area (Å²) in [5.74, 6) is 2.42. The highest BCUT2D eigenvalue weighted by atomic mass is 15.6. The molecule has 0 saturated heterocycles. The van der Waals surface area contributed by atoms with Crippen LogP contribution in [0.2, 0.25) is 0 Å². The van der Waals surface area contributed by atoms with Crippen LogP contribution in [0.15, 0.2) is 0 Å². The molecule has 1 saturated carbocycles. The van der Waals surface area contributed by atoms with Gasteiger partial charge in [0.15, 0.2) is 5.82 Å². The maximum absolute atomic E-state index is 4.29. The van der Waals surface area contributed by atoms with Crippen molar-refractivity contribution >= 4 is 0 Å². The maximum Gasteiger partial charge on any atom is 0.175 e. The van der Waals surface area contributed by atoms with Gasteiger partial charge < -0.3 is 5.32 Å². The molecule has 1 aliphatic carbocycles. The van der Waals surface area contributed by atoms with Crippen LogP contribution in [0.3, 0.4) is 0 Å². The molecule has 17 heavy (non-hydrogen) atoms. The molecule has 0 bridgehead atoms. The van der Waals surface area contributed by atoms with Gasteiger partial charge in [-0.3, -0.25) is 0 Å². The molecule has 0 aromatic carbocycles. The highest BCUT2D eigenvalue weighted by molar-refractivity contribution is 4.90. The first-order chi connectivity index (χ1) is 8.22. The van der Waals surface area contributed by atoms with Gasteiger partial charge in [-0.25, -0.2) is 0 Å². The zero-order valence-electron chi connectivity index (χ0n) is 11.1. The standard InChI is InChI=1S/C12H23N5/c1-4-9-5-6-11(13-2)10(7-9)8-12-14-16-17(3)15-12/h9-11,13H,4-8H2,1-3H3. The lowest BCUT2D eigenvalue weighted by molar-refractivity contribution is 0.203. The van der Waals surface area contributed by atoms with E-state index in [4.69, 9.17) is 0 Å². The lowest BCUT2D eigenvalue weighted by Crippen LogP contribution is -2.39. The first kappa shape index (κ1) is 12.5. The second-order valence-corrected chi connectivity index (χ2v) is 5.14. The van der Waals surface area contributed by atoms with E-state index in [2.05, 4.69) is 34.7 Å². The van der Waals surface area contributed by atoms with Crippen molar-refractivity contribution in [3.05, 3.63) is 5.82 Å². The van der Waals surface area contributed by atoms with Crippen LogP contribution in [0, 0.1) is 11.8 Å². The third-order valence-corrected chi connectivity index (χ3v) is 4.03. The molecule has 3 unspecified atom stereocenters. The van der Waals surface area contributed by atoms with E-state index in [1.165, 1.54) is 25.7 Å². The van der Waals surface area contributed by atoms with Crippen LogP contribution in [0.4, 0.5) is 0 Å². The van der Waals surface area contributed by atoms with Crippen molar-refractivity contribution in [2.75, 3.05) is 7.05 Å². The molecule has 3 atom stereocenters. The first-order valence-electron chi connectivity index (χ1n) is 6.63. The van der Waals surface area contributed by atoms with Gasteiger partial charge in [-0.1, -0.05) is 13.3 Å². The average Bonchev–Trinajstić information content (AvgIpc) is 2.74. The number of aryl methyl sites for hydroxylation is 1. The number of tetrazole rings is 1. The Kier molecular flexibility index (Phi) is 4.10. The molecule has 96 valence electrons. The molecular weight excluding hydrogens is 214 g/mol. The molecule has 1 heterocycles. The van der Waals surface area contributed by atoms with Crippen LogP contribution < -0.4 is 5.32 Å². The van der Waals surface area contributed by atoms with Gasteiger partial charge in [-0.05, 0) is 43.4 Å². The molecule has 1 aromatic heterocycles. The quantitative estimate of drug-likeness (QED) is 0.854. The Bertz CT molecular complexity index is 348. The van der Waals surface area contributed by atoms with E-state index in [1.807, 2.05) is 7.05 Å². The normalized spacial score (nSPS) is 29.5. The minimum absolute atomic E-state index is 0.613. The average molecular weight is 237 g/mol. The molecule has 5 nitrogen and oxygen atoms in total. The molecule has 0 spiro atoms. The number of hydrogen-bond donors (Lipinski definition) is 1. The molecule has 2 rings (SSSR count). The van der Waals surface area contributed by atoms with Crippen molar-refractivity contribution in [2.45, 2.75) is 45.1 Å². The second kappa shape index (κ2) is 5.58. The summed E-state index contributed by atoms with van der Waals surface area (Å²) < 4.78 is 0. The monoisotopic (exact) mass is 237 g/mol. The topological polar surface area (TPSA) is 55.6 Å². The van der Waals surface area contributed by atoms with E-state index in [0.29, 0.717) is 12.0 Å². The Labute approximate surface area is 103 Å². The summed E-state index contributed by atoms with van der Waals surface area (Å²) in [6.45, 7) is 2.29. The Balaban J connectivity index is 2.00. The second-order valence-electron chi connectivity index (χ2n) is 5.14. The van der Waals surface area contributed by atoms with Crippen LogP contribution in [0.1, 0.15) is 38.4 Å². The van der Waals surface area contributed by atoms with Crippen LogP contribution in [-0.4, -0.2) is 33.3 Å². The van der Waals surface area contributed by atoms with E-state index < -0.39 is 0 Å². The lowest BCUT2D eigenvalue weighted by atomic mass is 9.75. The van der Waals surface area contributed by atoms with Crippen LogP contribution >= 0.6 is 0 Å². The third kappa shape index (κ3) is 3.03. The fourth-order valence-corrected chi connectivity index (χ4v) is 2.98. The fraction of sp³-hybridized carbons (Fsp3) is 0.917. The number of aromatic nitrogens is 4. The summed E-state index contributed by atoms with van der Waals surface area (Å²) in [7, 11) is 3.88. The Morgan fingerprint density at radius 1 is 1.41 bits per heavy atom. The van der Waals surface area contributed by atoms with Gasteiger partial charge in [0.2, 0.25) is 0 Å². The number of nitrogens with zero attached hydrogens (tertiary/aromatic N) is 4. The summed E-state index contributed by atoms with van der Waals surface area (Å²) in [6, 6.07) is 0.613. The van der Waals surface area contributed by atoms with E-state index >= 15 is 0 Å². The number of hydrogen-bond acceptors (Lipinski definition) is 4. The van der Waals surface area contributed by atoms with Crippen molar-refractivity contribution in [3.8, 4) is 0 Å². The van der Waals surface area contributed by atoms with Crippen LogP contribution in [-0.2, 0) is 13.5 Å². The van der Waals surface area contributed by atoms with Gasteiger partial charge >= 0.3 is 0 Å². The molecule has 0 amide bonds. The summed E-state index contributed by atoms with van der Waals surface area (Å²) >= 11 is 0. The number of rotatable bonds is 4. The zero-order valence-corrected chi connectivity index (χ0v) is 11.1. The van der Waals surface area contributed by atoms with Gasteiger partial charge in [0, 0.05) is 12.5 Å². The molecule has 1 fully saturated rings. The Hall–Kier alpha value is -0.970. The molecule has 0 radical (unpaired) electrons. The van der Waals surface area contributed by atoms with Gasteiger partial charge in [0.1, 0.15) is 0 Å². The van der Waals surface area contributed by atoms with Crippen molar-refractivity contribution < 1.29 is 0 Å².